The summed E-state index contributed by atoms with van der Waals surface area (Å²) < 4.78 is 13.4. The van der Waals surface area contributed by atoms with E-state index in [0.29, 0.717) is 16.6 Å². The number of rotatable bonds is 8. The minimum atomic E-state index is -0.962. The lowest BCUT2D eigenvalue weighted by molar-refractivity contribution is 0.0697. The fraction of sp³-hybridized carbons (Fsp3) is 0.147. The molecule has 1 aliphatic heterocycles. The van der Waals surface area contributed by atoms with Gasteiger partial charge in [-0.1, -0.05) is 12.1 Å². The number of nitrogens with zero attached hydrogens (tertiary/aromatic N) is 3. The number of carbonyl (C=O) groups is 1. The molecule has 9 heteroatoms. The van der Waals surface area contributed by atoms with Crippen molar-refractivity contribution in [2.75, 3.05) is 12.0 Å². The van der Waals surface area contributed by atoms with E-state index in [1.807, 2.05) is 79.7 Å². The first kappa shape index (κ1) is 28.0. The van der Waals surface area contributed by atoms with Crippen LogP contribution in [0.15, 0.2) is 103 Å². The number of carboxylic acid groups (broad SMARTS) is 1. The van der Waals surface area contributed by atoms with Crippen LogP contribution in [0.25, 0.3) is 5.69 Å². The number of thiocarbonyl (C=S) groups is 1. The van der Waals surface area contributed by atoms with Crippen LogP contribution in [0, 0.1) is 13.8 Å². The number of nitrogens with one attached hydrogen (secondary N) is 1. The molecule has 5 aromatic rings. The van der Waals surface area contributed by atoms with Gasteiger partial charge < -0.3 is 29.4 Å². The highest BCUT2D eigenvalue weighted by Gasteiger charge is 2.42. The van der Waals surface area contributed by atoms with E-state index >= 15 is 0 Å². The quantitative estimate of drug-likeness (QED) is 0.184. The van der Waals surface area contributed by atoms with Gasteiger partial charge in [-0.3, -0.25) is 4.98 Å². The largest absolute Gasteiger partial charge is 0.497 e. The highest BCUT2D eigenvalue weighted by atomic mass is 32.1. The fourth-order valence-corrected chi connectivity index (χ4v) is 6.01. The van der Waals surface area contributed by atoms with E-state index in [1.165, 1.54) is 0 Å². The van der Waals surface area contributed by atoms with Crippen molar-refractivity contribution in [3.05, 3.63) is 131 Å². The number of hydrogen-bond acceptors (Lipinski definition) is 5. The van der Waals surface area contributed by atoms with Gasteiger partial charge >= 0.3 is 5.97 Å². The molecule has 1 saturated heterocycles. The summed E-state index contributed by atoms with van der Waals surface area (Å²) >= 11 is 5.93. The summed E-state index contributed by atoms with van der Waals surface area (Å²) in [5, 5.41) is 13.7. The third-order valence-electron chi connectivity index (χ3n) is 7.65. The Morgan fingerprint density at radius 1 is 0.884 bits per heavy atom. The number of aromatic carboxylic acids is 1. The SMILES string of the molecule is COc1ccc(Oc2ccc(N3C(=S)N[C@@H](c4ccccn4)[C@@H]3c3cc(C)n(-c4cccc(C(=O)O)c4)c3C)cc2)cc1. The Kier molecular flexibility index (Phi) is 7.56. The van der Waals surface area contributed by atoms with Crippen LogP contribution in [0.4, 0.5) is 5.69 Å². The Balaban J connectivity index is 1.39. The summed E-state index contributed by atoms with van der Waals surface area (Å²) in [5.41, 5.74) is 5.82. The lowest BCUT2D eigenvalue weighted by Crippen LogP contribution is -2.29. The Hall–Kier alpha value is -5.15. The Morgan fingerprint density at radius 3 is 2.23 bits per heavy atom. The molecule has 0 unspecified atom stereocenters. The van der Waals surface area contributed by atoms with Crippen LogP contribution in [0.5, 0.6) is 17.2 Å². The van der Waals surface area contributed by atoms with Crippen LogP contribution in [-0.2, 0) is 0 Å². The zero-order valence-corrected chi connectivity index (χ0v) is 24.7. The van der Waals surface area contributed by atoms with Crippen molar-refractivity contribution < 1.29 is 19.4 Å². The molecule has 0 spiro atoms. The Morgan fingerprint density at radius 2 is 1.58 bits per heavy atom. The Bertz CT molecular complexity index is 1790. The van der Waals surface area contributed by atoms with E-state index in [1.54, 1.807) is 31.5 Å². The maximum atomic E-state index is 11.7. The van der Waals surface area contributed by atoms with Crippen molar-refractivity contribution >= 4 is 29.0 Å². The van der Waals surface area contributed by atoms with E-state index in [9.17, 15) is 9.90 Å². The number of aryl methyl sites for hydroxylation is 1. The van der Waals surface area contributed by atoms with Crippen LogP contribution in [0.2, 0.25) is 0 Å². The van der Waals surface area contributed by atoms with Crippen molar-refractivity contribution in [1.82, 2.24) is 14.9 Å². The summed E-state index contributed by atoms with van der Waals surface area (Å²) in [6, 6.07) is 29.8. The Labute approximate surface area is 255 Å². The molecule has 0 aliphatic carbocycles. The van der Waals surface area contributed by atoms with E-state index in [4.69, 9.17) is 21.7 Å². The second-order valence-electron chi connectivity index (χ2n) is 10.3. The standard InChI is InChI=1S/C34H30N4O4S/c1-21-19-29(22(2)37(21)25-8-6-7-23(20-25)33(39)40)32-31(30-9-4-5-18-35-30)36-34(43)38(32)24-10-12-27(13-11-24)42-28-16-14-26(41-3)15-17-28/h4-20,31-32H,1-3H3,(H,36,43)(H,39,40)/t31-,32-/m0/s1. The monoisotopic (exact) mass is 590 g/mol. The first-order chi connectivity index (χ1) is 20.8. The zero-order valence-electron chi connectivity index (χ0n) is 23.9. The number of pyridine rings is 1. The van der Waals surface area contributed by atoms with Gasteiger partial charge in [0.25, 0.3) is 0 Å². The number of benzene rings is 3. The fourth-order valence-electron chi connectivity index (χ4n) is 5.67. The van der Waals surface area contributed by atoms with E-state index in [-0.39, 0.29) is 17.6 Å². The van der Waals surface area contributed by atoms with Gasteiger partial charge in [0.2, 0.25) is 0 Å². The van der Waals surface area contributed by atoms with E-state index in [2.05, 4.69) is 32.8 Å². The third kappa shape index (κ3) is 5.42. The third-order valence-corrected chi connectivity index (χ3v) is 7.96. The van der Waals surface area contributed by atoms with Crippen molar-refractivity contribution in [1.29, 1.82) is 0 Å². The van der Waals surface area contributed by atoms with Gasteiger partial charge in [-0.2, -0.15) is 0 Å². The molecule has 43 heavy (non-hydrogen) atoms. The molecule has 0 amide bonds. The van der Waals surface area contributed by atoms with Crippen molar-refractivity contribution in [2.24, 2.45) is 0 Å². The zero-order chi connectivity index (χ0) is 30.1. The molecule has 6 rings (SSSR count). The van der Waals surface area contributed by atoms with Gasteiger partial charge in [-0.15, -0.1) is 0 Å². The van der Waals surface area contributed by atoms with Crippen LogP contribution in [0.3, 0.4) is 0 Å². The first-order valence-corrected chi connectivity index (χ1v) is 14.2. The molecule has 1 aliphatic rings. The topological polar surface area (TPSA) is 88.9 Å². The lowest BCUT2D eigenvalue weighted by Gasteiger charge is -2.28. The van der Waals surface area contributed by atoms with Crippen molar-refractivity contribution in [3.63, 3.8) is 0 Å². The highest BCUT2D eigenvalue weighted by molar-refractivity contribution is 7.80. The van der Waals surface area contributed by atoms with E-state index in [0.717, 1.165) is 39.8 Å². The summed E-state index contributed by atoms with van der Waals surface area (Å²) in [4.78, 5) is 18.5. The number of carboxylic acids is 1. The molecule has 0 saturated carbocycles. The molecule has 2 aromatic heterocycles. The highest BCUT2D eigenvalue weighted by Crippen LogP contribution is 2.44. The molecular weight excluding hydrogens is 560 g/mol. The molecule has 8 nitrogen and oxygen atoms in total. The number of ether oxygens (including phenoxy) is 2. The predicted molar refractivity (Wildman–Crippen MR) is 170 cm³/mol. The number of anilines is 1. The lowest BCUT2D eigenvalue weighted by atomic mass is 9.96. The van der Waals surface area contributed by atoms with Crippen LogP contribution < -0.4 is 19.7 Å². The van der Waals surface area contributed by atoms with Crippen LogP contribution in [-0.4, -0.2) is 32.8 Å². The molecule has 2 atom stereocenters. The molecule has 3 aromatic carbocycles. The smallest absolute Gasteiger partial charge is 0.335 e. The first-order valence-electron chi connectivity index (χ1n) is 13.8. The molecular formula is C34H30N4O4S. The maximum absolute atomic E-state index is 11.7. The van der Waals surface area contributed by atoms with Gasteiger partial charge in [0.15, 0.2) is 5.11 Å². The minimum Gasteiger partial charge on any atom is -0.497 e. The molecule has 0 bridgehead atoms. The van der Waals surface area contributed by atoms with Gasteiger partial charge in [-0.05, 0) is 117 Å². The summed E-state index contributed by atoms with van der Waals surface area (Å²) in [7, 11) is 1.63. The van der Waals surface area contributed by atoms with Gasteiger partial charge in [0.1, 0.15) is 17.2 Å². The number of methoxy groups -OCH3 is 1. The molecule has 1 fully saturated rings. The van der Waals surface area contributed by atoms with Gasteiger partial charge in [-0.25, -0.2) is 4.79 Å². The second kappa shape index (κ2) is 11.6. The minimum absolute atomic E-state index is 0.219. The molecule has 0 radical (unpaired) electrons. The average Bonchev–Trinajstić information content (AvgIpc) is 3.52. The number of hydrogen-bond donors (Lipinski definition) is 2. The normalized spacial score (nSPS) is 16.2. The van der Waals surface area contributed by atoms with Gasteiger partial charge in [0, 0.05) is 29.0 Å². The second-order valence-corrected chi connectivity index (χ2v) is 10.7. The van der Waals surface area contributed by atoms with Crippen LogP contribution in [0.1, 0.15) is 45.1 Å². The summed E-state index contributed by atoms with van der Waals surface area (Å²) in [5.74, 6) is 1.21. The number of aromatic nitrogens is 2. The predicted octanol–water partition coefficient (Wildman–Crippen LogP) is 7.17. The molecule has 3 heterocycles. The van der Waals surface area contributed by atoms with Gasteiger partial charge in [0.05, 0.1) is 30.5 Å². The summed E-state index contributed by atoms with van der Waals surface area (Å²) in [6.45, 7) is 4.08. The average molecular weight is 591 g/mol. The maximum Gasteiger partial charge on any atom is 0.335 e. The summed E-state index contributed by atoms with van der Waals surface area (Å²) in [6.07, 6.45) is 1.78. The van der Waals surface area contributed by atoms with Crippen molar-refractivity contribution in [3.8, 4) is 22.9 Å². The van der Waals surface area contributed by atoms with Crippen LogP contribution >= 0.6 is 12.2 Å². The van der Waals surface area contributed by atoms with Crippen molar-refractivity contribution in [2.45, 2.75) is 25.9 Å². The molecule has 2 N–H and O–H groups in total. The van der Waals surface area contributed by atoms with E-state index < -0.39 is 5.97 Å². The molecule has 216 valence electrons.